The second-order valence-corrected chi connectivity index (χ2v) is 6.14. The number of benzene rings is 1. The third-order valence-electron chi connectivity index (χ3n) is 3.36. The van der Waals surface area contributed by atoms with Crippen LogP contribution in [0.4, 0.5) is 4.79 Å². The first-order valence-electron chi connectivity index (χ1n) is 7.54. The number of nitrogens with one attached hydrogen (secondary N) is 2. The van der Waals surface area contributed by atoms with Gasteiger partial charge in [0.05, 0.1) is 11.5 Å². The van der Waals surface area contributed by atoms with Crippen LogP contribution in [0.25, 0.3) is 0 Å². The summed E-state index contributed by atoms with van der Waals surface area (Å²) in [4.78, 5) is 22.7. The molecular formula is C17H23N3O3. The van der Waals surface area contributed by atoms with E-state index in [1.165, 1.54) is 0 Å². The highest BCUT2D eigenvalue weighted by Crippen LogP contribution is 2.11. The first-order chi connectivity index (χ1) is 10.8. The minimum absolute atomic E-state index is 0.0124. The molecule has 0 radical (unpaired) electrons. The van der Waals surface area contributed by atoms with Crippen LogP contribution in [0.1, 0.15) is 32.3 Å². The number of carboxylic acid groups (broad SMARTS) is 1. The summed E-state index contributed by atoms with van der Waals surface area (Å²) in [6.45, 7) is 3.70. The number of aliphatic carboxylic acids is 1. The lowest BCUT2D eigenvalue weighted by atomic mass is 9.96. The van der Waals surface area contributed by atoms with Crippen molar-refractivity contribution in [3.63, 3.8) is 0 Å². The molecule has 0 saturated carbocycles. The molecule has 1 aromatic carbocycles. The van der Waals surface area contributed by atoms with Crippen molar-refractivity contribution in [3.8, 4) is 6.07 Å². The Morgan fingerprint density at radius 3 is 2.52 bits per heavy atom. The molecule has 0 bridgehead atoms. The number of rotatable bonds is 8. The molecule has 23 heavy (non-hydrogen) atoms. The van der Waals surface area contributed by atoms with Crippen molar-refractivity contribution < 1.29 is 14.7 Å². The Hall–Kier alpha value is -2.55. The average molecular weight is 317 g/mol. The van der Waals surface area contributed by atoms with E-state index in [0.717, 1.165) is 5.56 Å². The largest absolute Gasteiger partial charge is 0.481 e. The van der Waals surface area contributed by atoms with E-state index in [1.807, 2.05) is 30.3 Å². The minimum Gasteiger partial charge on any atom is -0.481 e. The van der Waals surface area contributed by atoms with Crippen molar-refractivity contribution in [2.24, 2.45) is 5.41 Å². The second-order valence-electron chi connectivity index (χ2n) is 6.14. The number of amides is 2. The number of nitrogens with zero attached hydrogens (tertiary/aromatic N) is 1. The summed E-state index contributed by atoms with van der Waals surface area (Å²) in [7, 11) is 0. The summed E-state index contributed by atoms with van der Waals surface area (Å²) < 4.78 is 0. The van der Waals surface area contributed by atoms with Gasteiger partial charge in [0.2, 0.25) is 0 Å². The Labute approximate surface area is 136 Å². The summed E-state index contributed by atoms with van der Waals surface area (Å²) in [5.41, 5.74) is 0.383. The highest BCUT2D eigenvalue weighted by atomic mass is 16.4. The lowest BCUT2D eigenvalue weighted by Crippen LogP contribution is -2.45. The Morgan fingerprint density at radius 1 is 1.30 bits per heavy atom. The quantitative estimate of drug-likeness (QED) is 0.684. The van der Waals surface area contributed by atoms with Gasteiger partial charge in [-0.1, -0.05) is 30.3 Å². The van der Waals surface area contributed by atoms with E-state index in [1.54, 1.807) is 13.8 Å². The number of urea groups is 1. The normalized spacial score (nSPS) is 12.0. The Morgan fingerprint density at radius 2 is 1.96 bits per heavy atom. The van der Waals surface area contributed by atoms with E-state index in [4.69, 9.17) is 10.4 Å². The zero-order chi connectivity index (χ0) is 17.3. The Kier molecular flexibility index (Phi) is 7.07. The Bertz CT molecular complexity index is 564. The van der Waals surface area contributed by atoms with E-state index in [9.17, 15) is 9.59 Å². The van der Waals surface area contributed by atoms with Crippen molar-refractivity contribution in [1.82, 2.24) is 10.6 Å². The third-order valence-corrected chi connectivity index (χ3v) is 3.36. The molecule has 0 aromatic heterocycles. The first kappa shape index (κ1) is 18.5. The number of nitriles is 1. The van der Waals surface area contributed by atoms with Crippen molar-refractivity contribution in [1.29, 1.82) is 5.26 Å². The van der Waals surface area contributed by atoms with Gasteiger partial charge >= 0.3 is 12.0 Å². The van der Waals surface area contributed by atoms with Gasteiger partial charge in [0.25, 0.3) is 0 Å². The van der Waals surface area contributed by atoms with Crippen LogP contribution < -0.4 is 10.6 Å². The Balaban J connectivity index is 2.59. The van der Waals surface area contributed by atoms with Crippen molar-refractivity contribution >= 4 is 12.0 Å². The lowest BCUT2D eigenvalue weighted by molar-refractivity contribution is -0.137. The third kappa shape index (κ3) is 7.86. The molecule has 6 heteroatoms. The predicted octanol–water partition coefficient (Wildman–Crippen LogP) is 2.31. The number of hydrogen-bond acceptors (Lipinski definition) is 3. The minimum atomic E-state index is -0.893. The highest BCUT2D eigenvalue weighted by molar-refractivity contribution is 5.74. The maximum Gasteiger partial charge on any atom is 0.315 e. The molecule has 0 aliphatic rings. The molecule has 0 spiro atoms. The monoisotopic (exact) mass is 317 g/mol. The topological polar surface area (TPSA) is 102 Å². The highest BCUT2D eigenvalue weighted by Gasteiger charge is 2.19. The van der Waals surface area contributed by atoms with Crippen LogP contribution in [0.15, 0.2) is 30.3 Å². The molecule has 1 aromatic rings. The van der Waals surface area contributed by atoms with Crippen molar-refractivity contribution in [3.05, 3.63) is 35.9 Å². The smallest absolute Gasteiger partial charge is 0.315 e. The summed E-state index contributed by atoms with van der Waals surface area (Å²) in [5.74, 6) is -0.893. The van der Waals surface area contributed by atoms with Crippen LogP contribution in [0.3, 0.4) is 0 Å². The predicted molar refractivity (Wildman–Crippen MR) is 86.7 cm³/mol. The summed E-state index contributed by atoms with van der Waals surface area (Å²) in [5, 5.41) is 23.2. The van der Waals surface area contributed by atoms with Crippen LogP contribution in [0, 0.1) is 16.7 Å². The molecule has 0 fully saturated rings. The standard InChI is InChI=1S/C17H23N3O3/c1-17(2,11-18)12-19-16(23)20-14(8-9-15(21)22)10-13-6-4-3-5-7-13/h3-7,14H,8-10,12H2,1-2H3,(H,21,22)(H2,19,20,23). The van der Waals surface area contributed by atoms with E-state index < -0.39 is 11.4 Å². The summed E-state index contributed by atoms with van der Waals surface area (Å²) >= 11 is 0. The number of carboxylic acids is 1. The fourth-order valence-corrected chi connectivity index (χ4v) is 2.00. The molecule has 0 aliphatic heterocycles. The summed E-state index contributed by atoms with van der Waals surface area (Å²) in [6.07, 6.45) is 0.893. The van der Waals surface area contributed by atoms with Gasteiger partial charge in [-0.15, -0.1) is 0 Å². The molecule has 0 heterocycles. The van der Waals surface area contributed by atoms with Gasteiger partial charge in [0.1, 0.15) is 0 Å². The number of hydrogen-bond donors (Lipinski definition) is 3. The molecule has 2 amide bonds. The van der Waals surface area contributed by atoms with Gasteiger partial charge in [-0.3, -0.25) is 4.79 Å². The SMILES string of the molecule is CC(C)(C#N)CNC(=O)NC(CCC(=O)O)Cc1ccccc1. The van der Waals surface area contributed by atoms with Gasteiger partial charge in [0, 0.05) is 19.0 Å². The molecular weight excluding hydrogens is 294 g/mol. The van der Waals surface area contributed by atoms with Crippen LogP contribution in [-0.2, 0) is 11.2 Å². The molecule has 0 saturated heterocycles. The van der Waals surface area contributed by atoms with Crippen LogP contribution in [-0.4, -0.2) is 29.7 Å². The number of carbonyl (C=O) groups excluding carboxylic acids is 1. The number of carbonyl (C=O) groups is 2. The van der Waals surface area contributed by atoms with E-state index in [-0.39, 0.29) is 25.0 Å². The fraction of sp³-hybridized carbons (Fsp3) is 0.471. The van der Waals surface area contributed by atoms with Gasteiger partial charge in [0.15, 0.2) is 0 Å². The molecule has 6 nitrogen and oxygen atoms in total. The lowest BCUT2D eigenvalue weighted by Gasteiger charge is -2.21. The zero-order valence-electron chi connectivity index (χ0n) is 13.5. The molecule has 0 aliphatic carbocycles. The molecule has 1 rings (SSSR count). The van der Waals surface area contributed by atoms with E-state index >= 15 is 0 Å². The van der Waals surface area contributed by atoms with Crippen LogP contribution >= 0.6 is 0 Å². The van der Waals surface area contributed by atoms with Crippen molar-refractivity contribution in [2.75, 3.05) is 6.54 Å². The molecule has 1 atom stereocenters. The van der Waals surface area contributed by atoms with E-state index in [0.29, 0.717) is 12.8 Å². The molecule has 3 N–H and O–H groups in total. The van der Waals surface area contributed by atoms with Crippen LogP contribution in [0.2, 0.25) is 0 Å². The summed E-state index contributed by atoms with van der Waals surface area (Å²) in [6, 6.07) is 11.0. The van der Waals surface area contributed by atoms with Gasteiger partial charge in [-0.25, -0.2) is 4.79 Å². The fourth-order valence-electron chi connectivity index (χ4n) is 2.00. The van der Waals surface area contributed by atoms with Gasteiger partial charge in [-0.2, -0.15) is 5.26 Å². The maximum absolute atomic E-state index is 12.0. The van der Waals surface area contributed by atoms with E-state index in [2.05, 4.69) is 16.7 Å². The van der Waals surface area contributed by atoms with Crippen LogP contribution in [0.5, 0.6) is 0 Å². The van der Waals surface area contributed by atoms with Gasteiger partial charge < -0.3 is 15.7 Å². The second kappa shape index (κ2) is 8.79. The molecule has 124 valence electrons. The maximum atomic E-state index is 12.0. The average Bonchev–Trinajstić information content (AvgIpc) is 2.52. The first-order valence-corrected chi connectivity index (χ1v) is 7.54. The van der Waals surface area contributed by atoms with Gasteiger partial charge in [-0.05, 0) is 32.3 Å². The molecule has 1 unspecified atom stereocenters. The zero-order valence-corrected chi connectivity index (χ0v) is 13.5. The van der Waals surface area contributed by atoms with Crippen molar-refractivity contribution in [2.45, 2.75) is 39.2 Å².